The standard InChI is InChI=1S/C13H22N2O2/c1-9-5-6-13(17-9)12(7-14)15-11-4-2-3-10(11)8-16/h5-6,10-12,15-16H,2-4,7-8,14H2,1H3. The molecule has 0 saturated heterocycles. The first-order chi connectivity index (χ1) is 8.24. The fourth-order valence-electron chi connectivity index (χ4n) is 2.64. The molecule has 0 aromatic carbocycles. The molecule has 96 valence electrons. The van der Waals surface area contributed by atoms with E-state index in [-0.39, 0.29) is 12.6 Å². The van der Waals surface area contributed by atoms with E-state index in [4.69, 9.17) is 10.2 Å². The van der Waals surface area contributed by atoms with Crippen molar-refractivity contribution in [3.8, 4) is 0 Å². The molecule has 2 rings (SSSR count). The molecular weight excluding hydrogens is 216 g/mol. The van der Waals surface area contributed by atoms with Gasteiger partial charge in [-0.25, -0.2) is 0 Å². The number of nitrogens with one attached hydrogen (secondary N) is 1. The van der Waals surface area contributed by atoms with Gasteiger partial charge in [-0.1, -0.05) is 6.42 Å². The highest BCUT2D eigenvalue weighted by atomic mass is 16.3. The van der Waals surface area contributed by atoms with Gasteiger partial charge in [0.05, 0.1) is 6.04 Å². The molecule has 1 heterocycles. The van der Waals surface area contributed by atoms with Crippen LogP contribution in [0.1, 0.15) is 36.8 Å². The van der Waals surface area contributed by atoms with Crippen molar-refractivity contribution in [3.05, 3.63) is 23.7 Å². The van der Waals surface area contributed by atoms with Crippen LogP contribution in [0.15, 0.2) is 16.5 Å². The highest BCUT2D eigenvalue weighted by molar-refractivity contribution is 5.10. The molecule has 0 bridgehead atoms. The monoisotopic (exact) mass is 238 g/mol. The second-order valence-corrected chi connectivity index (χ2v) is 4.88. The van der Waals surface area contributed by atoms with Crippen molar-refractivity contribution in [1.29, 1.82) is 0 Å². The van der Waals surface area contributed by atoms with Gasteiger partial charge in [-0.3, -0.25) is 0 Å². The smallest absolute Gasteiger partial charge is 0.122 e. The highest BCUT2D eigenvalue weighted by Gasteiger charge is 2.29. The fraction of sp³-hybridized carbons (Fsp3) is 0.692. The summed E-state index contributed by atoms with van der Waals surface area (Å²) in [5.74, 6) is 2.17. The van der Waals surface area contributed by atoms with Crippen LogP contribution in [0.3, 0.4) is 0 Å². The van der Waals surface area contributed by atoms with Gasteiger partial charge in [-0.15, -0.1) is 0 Å². The molecule has 0 amide bonds. The van der Waals surface area contributed by atoms with Crippen molar-refractivity contribution in [2.24, 2.45) is 11.7 Å². The predicted molar refractivity (Wildman–Crippen MR) is 66.6 cm³/mol. The van der Waals surface area contributed by atoms with Gasteiger partial charge in [-0.05, 0) is 37.8 Å². The maximum absolute atomic E-state index is 9.30. The van der Waals surface area contributed by atoms with Gasteiger partial charge in [-0.2, -0.15) is 0 Å². The van der Waals surface area contributed by atoms with Crippen molar-refractivity contribution in [1.82, 2.24) is 5.32 Å². The fourth-order valence-corrected chi connectivity index (χ4v) is 2.64. The first kappa shape index (κ1) is 12.6. The molecule has 17 heavy (non-hydrogen) atoms. The normalized spacial score (nSPS) is 26.3. The molecule has 1 aromatic rings. The predicted octanol–water partition coefficient (Wildman–Crippen LogP) is 1.34. The van der Waals surface area contributed by atoms with E-state index in [1.807, 2.05) is 19.1 Å². The van der Waals surface area contributed by atoms with Gasteiger partial charge in [0.25, 0.3) is 0 Å². The van der Waals surface area contributed by atoms with Crippen molar-refractivity contribution < 1.29 is 9.52 Å². The number of aliphatic hydroxyl groups excluding tert-OH is 1. The first-order valence-corrected chi connectivity index (χ1v) is 6.38. The number of aliphatic hydroxyl groups is 1. The summed E-state index contributed by atoms with van der Waals surface area (Å²) >= 11 is 0. The summed E-state index contributed by atoms with van der Waals surface area (Å²) in [6, 6.07) is 4.35. The Balaban J connectivity index is 2.00. The minimum absolute atomic E-state index is 0.0563. The van der Waals surface area contributed by atoms with E-state index < -0.39 is 0 Å². The molecule has 1 aromatic heterocycles. The first-order valence-electron chi connectivity index (χ1n) is 6.38. The van der Waals surface area contributed by atoms with Crippen molar-refractivity contribution in [3.63, 3.8) is 0 Å². The maximum Gasteiger partial charge on any atom is 0.122 e. The maximum atomic E-state index is 9.30. The quantitative estimate of drug-likeness (QED) is 0.724. The second kappa shape index (κ2) is 5.67. The van der Waals surface area contributed by atoms with Gasteiger partial charge >= 0.3 is 0 Å². The molecular formula is C13H22N2O2. The largest absolute Gasteiger partial charge is 0.465 e. The van der Waals surface area contributed by atoms with Gasteiger partial charge in [0, 0.05) is 19.2 Å². The van der Waals surface area contributed by atoms with E-state index in [0.717, 1.165) is 24.4 Å². The number of hydrogen-bond acceptors (Lipinski definition) is 4. The molecule has 0 aliphatic heterocycles. The summed E-state index contributed by atoms with van der Waals surface area (Å²) in [6.45, 7) is 2.71. The molecule has 0 spiro atoms. The van der Waals surface area contributed by atoms with Crippen LogP contribution in [-0.2, 0) is 0 Å². The van der Waals surface area contributed by atoms with Gasteiger partial charge in [0.2, 0.25) is 0 Å². The van der Waals surface area contributed by atoms with Crippen LogP contribution in [0.2, 0.25) is 0 Å². The van der Waals surface area contributed by atoms with Crippen LogP contribution in [0.5, 0.6) is 0 Å². The molecule has 1 saturated carbocycles. The molecule has 4 nitrogen and oxygen atoms in total. The summed E-state index contributed by atoms with van der Waals surface area (Å²) in [4.78, 5) is 0. The average molecular weight is 238 g/mol. The zero-order valence-corrected chi connectivity index (χ0v) is 10.4. The number of rotatable bonds is 5. The van der Waals surface area contributed by atoms with Crippen molar-refractivity contribution in [2.75, 3.05) is 13.2 Å². The Bertz CT molecular complexity index is 351. The van der Waals surface area contributed by atoms with Crippen LogP contribution in [0, 0.1) is 12.8 Å². The third-order valence-electron chi connectivity index (χ3n) is 3.65. The summed E-state index contributed by atoms with van der Waals surface area (Å²) < 4.78 is 5.61. The van der Waals surface area contributed by atoms with Crippen LogP contribution in [0.4, 0.5) is 0 Å². The third-order valence-corrected chi connectivity index (χ3v) is 3.65. The minimum atomic E-state index is 0.0563. The second-order valence-electron chi connectivity index (χ2n) is 4.88. The summed E-state index contributed by atoms with van der Waals surface area (Å²) in [6.07, 6.45) is 3.39. The zero-order valence-electron chi connectivity index (χ0n) is 10.4. The van der Waals surface area contributed by atoms with E-state index in [9.17, 15) is 5.11 Å². The molecule has 4 heteroatoms. The van der Waals surface area contributed by atoms with Crippen LogP contribution < -0.4 is 11.1 Å². The zero-order chi connectivity index (χ0) is 12.3. The molecule has 1 fully saturated rings. The van der Waals surface area contributed by atoms with E-state index >= 15 is 0 Å². The molecule has 3 unspecified atom stereocenters. The lowest BCUT2D eigenvalue weighted by molar-refractivity contribution is 0.197. The summed E-state index contributed by atoms with van der Waals surface area (Å²) in [5, 5.41) is 12.8. The Hall–Kier alpha value is -0.840. The van der Waals surface area contributed by atoms with E-state index in [2.05, 4.69) is 5.32 Å². The Morgan fingerprint density at radius 2 is 2.35 bits per heavy atom. The van der Waals surface area contributed by atoms with Gasteiger partial charge < -0.3 is 20.6 Å². The molecule has 4 N–H and O–H groups in total. The summed E-state index contributed by atoms with van der Waals surface area (Å²) in [5.41, 5.74) is 5.79. The number of furan rings is 1. The van der Waals surface area contributed by atoms with Crippen LogP contribution >= 0.6 is 0 Å². The minimum Gasteiger partial charge on any atom is -0.465 e. The highest BCUT2D eigenvalue weighted by Crippen LogP contribution is 2.27. The number of aryl methyl sites for hydroxylation is 1. The lowest BCUT2D eigenvalue weighted by Crippen LogP contribution is -2.39. The Morgan fingerprint density at radius 3 is 2.94 bits per heavy atom. The van der Waals surface area contributed by atoms with Crippen LogP contribution in [0.25, 0.3) is 0 Å². The van der Waals surface area contributed by atoms with E-state index in [1.165, 1.54) is 6.42 Å². The molecule has 1 aliphatic rings. The lowest BCUT2D eigenvalue weighted by atomic mass is 10.0. The van der Waals surface area contributed by atoms with Crippen LogP contribution in [-0.4, -0.2) is 24.3 Å². The summed E-state index contributed by atoms with van der Waals surface area (Å²) in [7, 11) is 0. The average Bonchev–Trinajstić information content (AvgIpc) is 2.94. The number of nitrogens with two attached hydrogens (primary N) is 1. The topological polar surface area (TPSA) is 71.4 Å². The molecule has 1 aliphatic carbocycles. The SMILES string of the molecule is Cc1ccc(C(CN)NC2CCCC2CO)o1. The van der Waals surface area contributed by atoms with Gasteiger partial charge in [0.15, 0.2) is 0 Å². The van der Waals surface area contributed by atoms with Crippen molar-refractivity contribution in [2.45, 2.75) is 38.3 Å². The Morgan fingerprint density at radius 1 is 1.53 bits per heavy atom. The molecule has 3 atom stereocenters. The third kappa shape index (κ3) is 2.89. The Kier molecular flexibility index (Phi) is 4.20. The Labute approximate surface area is 102 Å². The van der Waals surface area contributed by atoms with E-state index in [1.54, 1.807) is 0 Å². The number of hydrogen-bond donors (Lipinski definition) is 3. The lowest BCUT2D eigenvalue weighted by Gasteiger charge is -2.24. The molecule has 0 radical (unpaired) electrons. The van der Waals surface area contributed by atoms with E-state index in [0.29, 0.717) is 18.5 Å². The van der Waals surface area contributed by atoms with Gasteiger partial charge in [0.1, 0.15) is 11.5 Å². The van der Waals surface area contributed by atoms with Crippen molar-refractivity contribution >= 4 is 0 Å².